The smallest absolute Gasteiger partial charge is 0.254 e. The first kappa shape index (κ1) is 9.57. The predicted molar refractivity (Wildman–Crippen MR) is 61.7 cm³/mol. The molecule has 0 bridgehead atoms. The number of nitrogens with zero attached hydrogens (tertiary/aromatic N) is 5. The van der Waals surface area contributed by atoms with E-state index in [4.69, 9.17) is 0 Å². The molecule has 0 N–H and O–H groups in total. The van der Waals surface area contributed by atoms with Crippen molar-refractivity contribution in [3.05, 3.63) is 17.6 Å². The molecule has 1 fully saturated rings. The Morgan fingerprint density at radius 2 is 2.12 bits per heavy atom. The Morgan fingerprint density at radius 3 is 2.81 bits per heavy atom. The van der Waals surface area contributed by atoms with Crippen LogP contribution in [0.15, 0.2) is 6.33 Å². The lowest BCUT2D eigenvalue weighted by Crippen LogP contribution is -2.24. The maximum atomic E-state index is 4.42. The fourth-order valence-electron chi connectivity index (χ4n) is 2.06. The maximum absolute atomic E-state index is 4.42. The molecule has 0 amide bonds. The molecule has 1 aliphatic carbocycles. The van der Waals surface area contributed by atoms with Crippen molar-refractivity contribution < 1.29 is 0 Å². The molecule has 2 heterocycles. The van der Waals surface area contributed by atoms with Gasteiger partial charge in [-0.2, -0.15) is 14.6 Å². The van der Waals surface area contributed by atoms with E-state index in [-0.39, 0.29) is 0 Å². The third kappa shape index (κ3) is 1.27. The minimum absolute atomic E-state index is 0.660. The van der Waals surface area contributed by atoms with Gasteiger partial charge >= 0.3 is 0 Å². The van der Waals surface area contributed by atoms with E-state index >= 15 is 0 Å². The number of fused-ring (bicyclic) bond motifs is 1. The van der Waals surface area contributed by atoms with Crippen molar-refractivity contribution in [1.82, 2.24) is 19.6 Å². The quantitative estimate of drug-likeness (QED) is 0.761. The van der Waals surface area contributed by atoms with Crippen molar-refractivity contribution in [2.24, 2.45) is 0 Å². The van der Waals surface area contributed by atoms with Crippen molar-refractivity contribution in [2.75, 3.05) is 11.9 Å². The third-order valence-electron chi connectivity index (χ3n) is 3.30. The van der Waals surface area contributed by atoms with Crippen LogP contribution in [0, 0.1) is 13.8 Å². The second-order valence-corrected chi connectivity index (χ2v) is 4.46. The van der Waals surface area contributed by atoms with Gasteiger partial charge in [0.1, 0.15) is 12.1 Å². The van der Waals surface area contributed by atoms with Crippen LogP contribution in [0.5, 0.6) is 0 Å². The zero-order chi connectivity index (χ0) is 11.3. The summed E-state index contributed by atoms with van der Waals surface area (Å²) >= 11 is 0. The number of anilines is 1. The highest BCUT2D eigenvalue weighted by Gasteiger charge is 2.29. The van der Waals surface area contributed by atoms with E-state index < -0.39 is 0 Å². The van der Waals surface area contributed by atoms with Gasteiger partial charge in [0.2, 0.25) is 0 Å². The average molecular weight is 217 g/mol. The van der Waals surface area contributed by atoms with Gasteiger partial charge in [0.25, 0.3) is 5.78 Å². The second-order valence-electron chi connectivity index (χ2n) is 4.46. The maximum Gasteiger partial charge on any atom is 0.254 e. The van der Waals surface area contributed by atoms with Gasteiger partial charge in [-0.1, -0.05) is 0 Å². The van der Waals surface area contributed by atoms with Crippen molar-refractivity contribution in [3.63, 3.8) is 0 Å². The average Bonchev–Trinajstić information content (AvgIpc) is 3.01. The molecule has 0 saturated heterocycles. The molecule has 5 heteroatoms. The van der Waals surface area contributed by atoms with Crippen molar-refractivity contribution in [3.8, 4) is 0 Å². The van der Waals surface area contributed by atoms with Crippen molar-refractivity contribution in [2.45, 2.75) is 32.7 Å². The predicted octanol–water partition coefficient (Wildman–Crippen LogP) is 1.34. The Bertz CT molecular complexity index is 541. The number of aromatic nitrogens is 4. The van der Waals surface area contributed by atoms with Gasteiger partial charge in [-0.25, -0.2) is 4.98 Å². The summed E-state index contributed by atoms with van der Waals surface area (Å²) in [5.74, 6) is 1.81. The Kier molecular flexibility index (Phi) is 1.89. The van der Waals surface area contributed by atoms with Crippen molar-refractivity contribution in [1.29, 1.82) is 0 Å². The standard InChI is InChI=1S/C11H15N5/c1-7-8(2)14-11-12-6-13-16(11)10(7)15(3)9-4-5-9/h6,9H,4-5H2,1-3H3. The van der Waals surface area contributed by atoms with E-state index in [2.05, 4.69) is 33.9 Å². The van der Waals surface area contributed by atoms with Crippen LogP contribution in [0.2, 0.25) is 0 Å². The molecule has 2 aromatic heterocycles. The number of hydrogen-bond acceptors (Lipinski definition) is 4. The minimum atomic E-state index is 0.660. The molecule has 2 aromatic rings. The summed E-state index contributed by atoms with van der Waals surface area (Å²) in [6, 6.07) is 0.660. The monoisotopic (exact) mass is 217 g/mol. The number of rotatable bonds is 2. The van der Waals surface area contributed by atoms with E-state index in [0.717, 1.165) is 11.5 Å². The van der Waals surface area contributed by atoms with E-state index in [1.165, 1.54) is 18.4 Å². The van der Waals surface area contributed by atoms with Crippen LogP contribution in [-0.4, -0.2) is 32.7 Å². The summed E-state index contributed by atoms with van der Waals surface area (Å²) < 4.78 is 1.83. The van der Waals surface area contributed by atoms with Crippen LogP contribution in [0.4, 0.5) is 5.82 Å². The summed E-state index contributed by atoms with van der Waals surface area (Å²) in [6.45, 7) is 4.12. The van der Waals surface area contributed by atoms with Gasteiger partial charge < -0.3 is 4.90 Å². The molecule has 5 nitrogen and oxygen atoms in total. The Labute approximate surface area is 94.1 Å². The van der Waals surface area contributed by atoms with E-state index in [1.54, 1.807) is 6.33 Å². The van der Waals surface area contributed by atoms with Crippen LogP contribution in [0.25, 0.3) is 5.78 Å². The van der Waals surface area contributed by atoms with Crippen LogP contribution >= 0.6 is 0 Å². The normalized spacial score (nSPS) is 15.7. The van der Waals surface area contributed by atoms with Gasteiger partial charge in [0, 0.05) is 24.3 Å². The largest absolute Gasteiger partial charge is 0.356 e. The molecule has 84 valence electrons. The van der Waals surface area contributed by atoms with Gasteiger partial charge in [0.15, 0.2) is 0 Å². The first-order chi connectivity index (χ1) is 7.68. The molecule has 0 aromatic carbocycles. The Morgan fingerprint density at radius 1 is 1.38 bits per heavy atom. The molecule has 3 rings (SSSR count). The highest BCUT2D eigenvalue weighted by Crippen LogP contribution is 2.32. The number of aryl methyl sites for hydroxylation is 1. The molecule has 1 aliphatic rings. The summed E-state index contributed by atoms with van der Waals surface area (Å²) in [6.07, 6.45) is 4.10. The highest BCUT2D eigenvalue weighted by atomic mass is 15.4. The first-order valence-corrected chi connectivity index (χ1v) is 5.58. The summed E-state index contributed by atoms with van der Waals surface area (Å²) in [7, 11) is 2.13. The Balaban J connectivity index is 2.25. The van der Waals surface area contributed by atoms with Crippen LogP contribution in [0.1, 0.15) is 24.1 Å². The zero-order valence-electron chi connectivity index (χ0n) is 9.80. The lowest BCUT2D eigenvalue weighted by molar-refractivity contribution is 0.814. The van der Waals surface area contributed by atoms with E-state index in [1.807, 2.05) is 11.4 Å². The first-order valence-electron chi connectivity index (χ1n) is 5.58. The molecule has 0 atom stereocenters. The van der Waals surface area contributed by atoms with Gasteiger partial charge in [-0.05, 0) is 26.7 Å². The molecule has 0 unspecified atom stereocenters. The molecular formula is C11H15N5. The fraction of sp³-hybridized carbons (Fsp3) is 0.545. The lowest BCUT2D eigenvalue weighted by atomic mass is 10.2. The highest BCUT2D eigenvalue weighted by molar-refractivity contribution is 5.54. The van der Waals surface area contributed by atoms with Crippen LogP contribution < -0.4 is 4.90 Å². The van der Waals surface area contributed by atoms with Gasteiger partial charge in [0.05, 0.1) is 0 Å². The molecular weight excluding hydrogens is 202 g/mol. The molecule has 16 heavy (non-hydrogen) atoms. The third-order valence-corrected chi connectivity index (χ3v) is 3.30. The van der Waals surface area contributed by atoms with Crippen LogP contribution in [0.3, 0.4) is 0 Å². The van der Waals surface area contributed by atoms with E-state index in [9.17, 15) is 0 Å². The summed E-state index contributed by atoms with van der Waals surface area (Å²) in [4.78, 5) is 10.9. The van der Waals surface area contributed by atoms with Gasteiger partial charge in [-0.3, -0.25) is 0 Å². The van der Waals surface area contributed by atoms with Crippen LogP contribution in [-0.2, 0) is 0 Å². The second kappa shape index (κ2) is 3.17. The summed E-state index contributed by atoms with van der Waals surface area (Å²) in [5, 5.41) is 4.25. The molecule has 0 radical (unpaired) electrons. The van der Waals surface area contributed by atoms with Gasteiger partial charge in [-0.15, -0.1) is 0 Å². The summed E-state index contributed by atoms with van der Waals surface area (Å²) in [5.41, 5.74) is 2.22. The minimum Gasteiger partial charge on any atom is -0.356 e. The topological polar surface area (TPSA) is 46.3 Å². The molecule has 0 aliphatic heterocycles. The number of hydrogen-bond donors (Lipinski definition) is 0. The SMILES string of the molecule is Cc1nc2ncnn2c(N(C)C2CC2)c1C. The fourth-order valence-corrected chi connectivity index (χ4v) is 2.06. The molecule has 1 saturated carbocycles. The van der Waals surface area contributed by atoms with E-state index in [0.29, 0.717) is 11.8 Å². The van der Waals surface area contributed by atoms with Crippen molar-refractivity contribution >= 4 is 11.6 Å². The Hall–Kier alpha value is -1.65. The zero-order valence-corrected chi connectivity index (χ0v) is 9.80. The molecule has 0 spiro atoms. The lowest BCUT2D eigenvalue weighted by Gasteiger charge is -2.21.